The fourth-order valence-electron chi connectivity index (χ4n) is 1.48. The molecule has 0 fully saturated rings. The molecule has 96 valence electrons. The number of nitrogens with two attached hydrogens (primary N) is 1. The molecule has 0 amide bonds. The van der Waals surface area contributed by atoms with E-state index in [-0.39, 0.29) is 0 Å². The number of aromatic nitrogens is 2. The van der Waals surface area contributed by atoms with Crippen LogP contribution in [0.5, 0.6) is 0 Å². The summed E-state index contributed by atoms with van der Waals surface area (Å²) in [5.41, 5.74) is 6.59. The molecule has 0 radical (unpaired) electrons. The molecule has 0 unspecified atom stereocenters. The maximum Gasteiger partial charge on any atom is 0.202 e. The molecular formula is C12H15ClN4S. The summed E-state index contributed by atoms with van der Waals surface area (Å²) in [6.45, 7) is 1.52. The van der Waals surface area contributed by atoms with Crippen molar-refractivity contribution in [2.75, 3.05) is 18.4 Å². The van der Waals surface area contributed by atoms with Crippen molar-refractivity contribution in [1.82, 2.24) is 9.36 Å². The van der Waals surface area contributed by atoms with Gasteiger partial charge >= 0.3 is 0 Å². The summed E-state index contributed by atoms with van der Waals surface area (Å²) >= 11 is 7.22. The SMILES string of the molecule is NCCCNc1nc(Cc2ccc(Cl)cc2)ns1. The van der Waals surface area contributed by atoms with Crippen LogP contribution in [-0.2, 0) is 6.42 Å². The second-order valence-electron chi connectivity index (χ2n) is 3.89. The van der Waals surface area contributed by atoms with Crippen LogP contribution < -0.4 is 11.1 Å². The van der Waals surface area contributed by atoms with Crippen LogP contribution >= 0.6 is 23.1 Å². The zero-order valence-corrected chi connectivity index (χ0v) is 11.5. The first-order chi connectivity index (χ1) is 8.78. The number of benzene rings is 1. The number of hydrogen-bond acceptors (Lipinski definition) is 5. The molecule has 0 saturated carbocycles. The van der Waals surface area contributed by atoms with Crippen LogP contribution in [0.4, 0.5) is 5.13 Å². The molecule has 0 atom stereocenters. The van der Waals surface area contributed by atoms with E-state index in [4.69, 9.17) is 17.3 Å². The van der Waals surface area contributed by atoms with Crippen LogP contribution in [0.25, 0.3) is 0 Å². The molecule has 4 nitrogen and oxygen atoms in total. The van der Waals surface area contributed by atoms with Crippen LogP contribution in [0.2, 0.25) is 5.02 Å². The van der Waals surface area contributed by atoms with Gasteiger partial charge in [0.05, 0.1) is 0 Å². The van der Waals surface area contributed by atoms with Gasteiger partial charge in [0.25, 0.3) is 0 Å². The Morgan fingerprint density at radius 2 is 2.06 bits per heavy atom. The van der Waals surface area contributed by atoms with Crippen molar-refractivity contribution in [2.24, 2.45) is 5.73 Å². The Hall–Kier alpha value is -1.17. The van der Waals surface area contributed by atoms with Gasteiger partial charge in [0.1, 0.15) is 5.82 Å². The molecule has 1 heterocycles. The zero-order chi connectivity index (χ0) is 12.8. The highest BCUT2D eigenvalue weighted by molar-refractivity contribution is 7.09. The summed E-state index contributed by atoms with van der Waals surface area (Å²) in [5, 5.41) is 4.80. The summed E-state index contributed by atoms with van der Waals surface area (Å²) in [4.78, 5) is 4.42. The van der Waals surface area contributed by atoms with Crippen molar-refractivity contribution < 1.29 is 0 Å². The first-order valence-corrected chi connectivity index (χ1v) is 6.94. The predicted molar refractivity (Wildman–Crippen MR) is 76.3 cm³/mol. The van der Waals surface area contributed by atoms with E-state index < -0.39 is 0 Å². The lowest BCUT2D eigenvalue weighted by Crippen LogP contribution is -2.08. The molecule has 0 spiro atoms. The number of nitrogens with one attached hydrogen (secondary N) is 1. The van der Waals surface area contributed by atoms with Crippen molar-refractivity contribution in [3.05, 3.63) is 40.7 Å². The largest absolute Gasteiger partial charge is 0.360 e. The molecule has 6 heteroatoms. The molecule has 0 saturated heterocycles. The summed E-state index contributed by atoms with van der Waals surface area (Å²) in [6.07, 6.45) is 1.67. The van der Waals surface area contributed by atoms with Gasteiger partial charge < -0.3 is 11.1 Å². The Labute approximate surface area is 115 Å². The standard InChI is InChI=1S/C12H15ClN4S/c13-10-4-2-9(3-5-10)8-11-16-12(18-17-11)15-7-1-6-14/h2-5H,1,6-8,14H2,(H,15,16,17). The molecular weight excluding hydrogens is 268 g/mol. The third-order valence-electron chi connectivity index (χ3n) is 2.40. The molecule has 2 aromatic rings. The monoisotopic (exact) mass is 282 g/mol. The molecule has 18 heavy (non-hydrogen) atoms. The normalized spacial score (nSPS) is 10.6. The smallest absolute Gasteiger partial charge is 0.202 e. The summed E-state index contributed by atoms with van der Waals surface area (Å²) in [6, 6.07) is 7.74. The number of anilines is 1. The average molecular weight is 283 g/mol. The molecule has 0 aliphatic heterocycles. The highest BCUT2D eigenvalue weighted by Gasteiger charge is 2.04. The minimum atomic E-state index is 0.684. The Morgan fingerprint density at radius 3 is 2.78 bits per heavy atom. The second-order valence-corrected chi connectivity index (χ2v) is 5.08. The molecule has 0 aliphatic rings. The molecule has 2 rings (SSSR count). The first kappa shape index (κ1) is 13.3. The lowest BCUT2D eigenvalue weighted by atomic mass is 10.1. The van der Waals surface area contributed by atoms with E-state index >= 15 is 0 Å². The van der Waals surface area contributed by atoms with E-state index in [1.807, 2.05) is 24.3 Å². The Morgan fingerprint density at radius 1 is 1.28 bits per heavy atom. The summed E-state index contributed by atoms with van der Waals surface area (Å²) < 4.78 is 4.32. The average Bonchev–Trinajstić information content (AvgIpc) is 2.80. The molecule has 0 bridgehead atoms. The summed E-state index contributed by atoms with van der Waals surface area (Å²) in [7, 11) is 0. The van der Waals surface area contributed by atoms with Crippen LogP contribution in [0.1, 0.15) is 17.8 Å². The van der Waals surface area contributed by atoms with Crippen molar-refractivity contribution in [2.45, 2.75) is 12.8 Å². The lowest BCUT2D eigenvalue weighted by molar-refractivity contribution is 0.871. The molecule has 0 aliphatic carbocycles. The number of nitrogens with zero attached hydrogens (tertiary/aromatic N) is 2. The van der Waals surface area contributed by atoms with Crippen molar-refractivity contribution in [3.63, 3.8) is 0 Å². The molecule has 3 N–H and O–H groups in total. The Bertz CT molecular complexity index is 483. The second kappa shape index (κ2) is 6.68. The Balaban J connectivity index is 1.91. The van der Waals surface area contributed by atoms with Gasteiger partial charge in [-0.15, -0.1) is 0 Å². The number of hydrogen-bond donors (Lipinski definition) is 2. The zero-order valence-electron chi connectivity index (χ0n) is 9.90. The van der Waals surface area contributed by atoms with Gasteiger partial charge in [-0.25, -0.2) is 4.98 Å². The first-order valence-electron chi connectivity index (χ1n) is 5.79. The quantitative estimate of drug-likeness (QED) is 0.799. The topological polar surface area (TPSA) is 63.8 Å². The van der Waals surface area contributed by atoms with Gasteiger partial charge in [0.15, 0.2) is 0 Å². The number of halogens is 1. The van der Waals surface area contributed by atoms with E-state index in [2.05, 4.69) is 14.7 Å². The van der Waals surface area contributed by atoms with E-state index in [9.17, 15) is 0 Å². The third kappa shape index (κ3) is 3.94. The molecule has 1 aromatic carbocycles. The molecule has 1 aromatic heterocycles. The van der Waals surface area contributed by atoms with E-state index in [0.717, 1.165) is 40.9 Å². The van der Waals surface area contributed by atoms with Gasteiger partial charge in [-0.3, -0.25) is 0 Å². The van der Waals surface area contributed by atoms with Crippen LogP contribution in [0, 0.1) is 0 Å². The van der Waals surface area contributed by atoms with Crippen molar-refractivity contribution in [1.29, 1.82) is 0 Å². The highest BCUT2D eigenvalue weighted by atomic mass is 35.5. The van der Waals surface area contributed by atoms with E-state index in [1.54, 1.807) is 0 Å². The number of rotatable bonds is 6. The maximum atomic E-state index is 5.84. The van der Waals surface area contributed by atoms with Crippen molar-refractivity contribution in [3.8, 4) is 0 Å². The minimum Gasteiger partial charge on any atom is -0.360 e. The van der Waals surface area contributed by atoms with Crippen LogP contribution in [0.3, 0.4) is 0 Å². The summed E-state index contributed by atoms with van der Waals surface area (Å²) in [5.74, 6) is 0.831. The highest BCUT2D eigenvalue weighted by Crippen LogP contribution is 2.15. The van der Waals surface area contributed by atoms with Gasteiger partial charge in [0.2, 0.25) is 5.13 Å². The fourth-order valence-corrected chi connectivity index (χ4v) is 2.22. The maximum absolute atomic E-state index is 5.84. The minimum absolute atomic E-state index is 0.684. The van der Waals surface area contributed by atoms with Gasteiger partial charge in [-0.2, -0.15) is 4.37 Å². The predicted octanol–water partition coefficient (Wildman–Crippen LogP) is 2.54. The van der Waals surface area contributed by atoms with Crippen molar-refractivity contribution >= 4 is 28.3 Å². The van der Waals surface area contributed by atoms with Crippen LogP contribution in [0.15, 0.2) is 24.3 Å². The fraction of sp³-hybridized carbons (Fsp3) is 0.333. The van der Waals surface area contributed by atoms with Gasteiger partial charge in [-0.1, -0.05) is 23.7 Å². The Kier molecular flexibility index (Phi) is 4.92. The lowest BCUT2D eigenvalue weighted by Gasteiger charge is -1.99. The van der Waals surface area contributed by atoms with Gasteiger partial charge in [0, 0.05) is 29.5 Å². The van der Waals surface area contributed by atoms with E-state index in [1.165, 1.54) is 11.5 Å². The van der Waals surface area contributed by atoms with E-state index in [0.29, 0.717) is 6.54 Å². The third-order valence-corrected chi connectivity index (χ3v) is 3.36. The van der Waals surface area contributed by atoms with Gasteiger partial charge in [-0.05, 0) is 30.7 Å². The van der Waals surface area contributed by atoms with Crippen LogP contribution in [-0.4, -0.2) is 22.4 Å².